The highest BCUT2D eigenvalue weighted by atomic mass is 16.7. The number of nitrogens with one attached hydrogen (secondary N) is 2. The molecule has 3 aliphatic rings. The average Bonchev–Trinajstić information content (AvgIpc) is 3.27. The standard InChI is InChI=1S/C21H22N6O4/c28-19-12-15(20(29)23-14-4-5-16-17(11-14)31-13-30-16)24-21(25-19)27-9-7-26(8-10-27)18-3-1-2-6-22-18/h1-6,11,15H,7-10,12-13H2,(H,23,29)(H,24,25,28)/t15-/m0/s1. The van der Waals surface area contributed by atoms with E-state index in [-0.39, 0.29) is 25.0 Å². The number of ether oxygens (including phenoxy) is 2. The Morgan fingerprint density at radius 2 is 1.87 bits per heavy atom. The second-order valence-corrected chi connectivity index (χ2v) is 7.44. The number of anilines is 2. The number of carbonyl (C=O) groups is 2. The molecule has 160 valence electrons. The van der Waals surface area contributed by atoms with Gasteiger partial charge < -0.3 is 24.6 Å². The second-order valence-electron chi connectivity index (χ2n) is 7.44. The third-order valence-corrected chi connectivity index (χ3v) is 5.40. The van der Waals surface area contributed by atoms with Crippen LogP contribution in [0.15, 0.2) is 47.6 Å². The Hall–Kier alpha value is -3.82. The van der Waals surface area contributed by atoms with Crippen molar-refractivity contribution in [1.29, 1.82) is 0 Å². The van der Waals surface area contributed by atoms with E-state index < -0.39 is 6.04 Å². The molecule has 4 heterocycles. The maximum absolute atomic E-state index is 12.8. The van der Waals surface area contributed by atoms with E-state index in [0.717, 1.165) is 18.9 Å². The first kappa shape index (κ1) is 19.2. The van der Waals surface area contributed by atoms with Gasteiger partial charge in [-0.1, -0.05) is 6.07 Å². The molecule has 0 radical (unpaired) electrons. The van der Waals surface area contributed by atoms with Gasteiger partial charge in [0.1, 0.15) is 11.9 Å². The molecule has 1 aromatic carbocycles. The van der Waals surface area contributed by atoms with Crippen LogP contribution < -0.4 is 25.0 Å². The summed E-state index contributed by atoms with van der Waals surface area (Å²) in [5.74, 6) is 2.04. The highest BCUT2D eigenvalue weighted by Crippen LogP contribution is 2.34. The molecule has 2 aromatic rings. The van der Waals surface area contributed by atoms with E-state index in [4.69, 9.17) is 9.47 Å². The minimum Gasteiger partial charge on any atom is -0.454 e. The molecule has 3 aliphatic heterocycles. The second kappa shape index (κ2) is 8.13. The Labute approximate surface area is 178 Å². The number of pyridine rings is 1. The lowest BCUT2D eigenvalue weighted by Gasteiger charge is -2.38. The van der Waals surface area contributed by atoms with Crippen LogP contribution in [0.4, 0.5) is 11.5 Å². The van der Waals surface area contributed by atoms with E-state index in [1.54, 1.807) is 24.4 Å². The molecule has 0 bridgehead atoms. The number of guanidine groups is 1. The maximum atomic E-state index is 12.8. The lowest BCUT2D eigenvalue weighted by Crippen LogP contribution is -2.56. The van der Waals surface area contributed by atoms with Crippen molar-refractivity contribution in [3.8, 4) is 11.5 Å². The van der Waals surface area contributed by atoms with Gasteiger partial charge in [0.15, 0.2) is 11.5 Å². The maximum Gasteiger partial charge on any atom is 0.249 e. The molecule has 0 aliphatic carbocycles. The fraction of sp³-hybridized carbons (Fsp3) is 0.333. The van der Waals surface area contributed by atoms with Crippen molar-refractivity contribution in [2.24, 2.45) is 4.99 Å². The van der Waals surface area contributed by atoms with Crippen molar-refractivity contribution in [3.63, 3.8) is 0 Å². The van der Waals surface area contributed by atoms with E-state index in [0.29, 0.717) is 36.2 Å². The number of hydrogen-bond donors (Lipinski definition) is 2. The minimum atomic E-state index is -0.789. The van der Waals surface area contributed by atoms with Crippen molar-refractivity contribution in [2.45, 2.75) is 12.5 Å². The van der Waals surface area contributed by atoms with E-state index in [1.807, 2.05) is 23.1 Å². The molecule has 31 heavy (non-hydrogen) atoms. The summed E-state index contributed by atoms with van der Waals surface area (Å²) in [4.78, 5) is 38.1. The van der Waals surface area contributed by atoms with Crippen LogP contribution in [0.25, 0.3) is 0 Å². The lowest BCUT2D eigenvalue weighted by atomic mass is 10.1. The fourth-order valence-corrected chi connectivity index (χ4v) is 3.78. The van der Waals surface area contributed by atoms with Gasteiger partial charge in [-0.05, 0) is 24.3 Å². The zero-order valence-electron chi connectivity index (χ0n) is 16.8. The van der Waals surface area contributed by atoms with Gasteiger partial charge in [-0.3, -0.25) is 14.9 Å². The predicted octanol–water partition coefficient (Wildman–Crippen LogP) is 0.815. The zero-order chi connectivity index (χ0) is 21.2. The largest absolute Gasteiger partial charge is 0.454 e. The summed E-state index contributed by atoms with van der Waals surface area (Å²) < 4.78 is 10.6. The van der Waals surface area contributed by atoms with Crippen molar-refractivity contribution in [3.05, 3.63) is 42.6 Å². The zero-order valence-corrected chi connectivity index (χ0v) is 16.8. The van der Waals surface area contributed by atoms with Crippen molar-refractivity contribution >= 4 is 29.3 Å². The molecular weight excluding hydrogens is 400 g/mol. The van der Waals surface area contributed by atoms with Crippen LogP contribution in [-0.4, -0.2) is 66.7 Å². The molecule has 1 atom stereocenters. The van der Waals surface area contributed by atoms with Gasteiger partial charge in [-0.15, -0.1) is 0 Å². The number of rotatable bonds is 3. The Bertz CT molecular complexity index is 1020. The Morgan fingerprint density at radius 1 is 1.06 bits per heavy atom. The van der Waals surface area contributed by atoms with Gasteiger partial charge in [0, 0.05) is 44.1 Å². The number of fused-ring (bicyclic) bond motifs is 1. The molecule has 0 unspecified atom stereocenters. The molecule has 10 heteroatoms. The van der Waals surface area contributed by atoms with E-state index in [2.05, 4.69) is 25.5 Å². The molecule has 2 N–H and O–H groups in total. The van der Waals surface area contributed by atoms with E-state index >= 15 is 0 Å². The average molecular weight is 422 g/mol. The molecule has 0 spiro atoms. The van der Waals surface area contributed by atoms with Crippen LogP contribution >= 0.6 is 0 Å². The monoisotopic (exact) mass is 422 g/mol. The number of amides is 2. The number of nitrogens with zero attached hydrogens (tertiary/aromatic N) is 4. The number of hydrogen-bond acceptors (Lipinski definition) is 8. The summed E-state index contributed by atoms with van der Waals surface area (Å²) in [6.45, 7) is 3.01. The summed E-state index contributed by atoms with van der Waals surface area (Å²) in [6.07, 6.45) is 1.78. The normalized spacial score (nSPS) is 20.2. The van der Waals surface area contributed by atoms with Crippen molar-refractivity contribution in [2.75, 3.05) is 43.2 Å². The summed E-state index contributed by atoms with van der Waals surface area (Å²) >= 11 is 0. The van der Waals surface area contributed by atoms with Gasteiger partial charge in [-0.25, -0.2) is 9.98 Å². The quantitative estimate of drug-likeness (QED) is 0.754. The minimum absolute atomic E-state index is 0.00772. The SMILES string of the molecule is O=C1C[C@@H](C(=O)Nc2ccc3c(c2)OCO3)N=C(N2CCN(c3ccccn3)CC2)N1. The van der Waals surface area contributed by atoms with Crippen LogP contribution in [0.5, 0.6) is 11.5 Å². The predicted molar refractivity (Wildman–Crippen MR) is 113 cm³/mol. The number of aromatic nitrogens is 1. The van der Waals surface area contributed by atoms with Gasteiger partial charge in [0.05, 0.1) is 6.42 Å². The van der Waals surface area contributed by atoms with E-state index in [9.17, 15) is 9.59 Å². The molecule has 10 nitrogen and oxygen atoms in total. The number of aliphatic imine (C=N–C) groups is 1. The Kier molecular flexibility index (Phi) is 5.03. The number of carbonyl (C=O) groups excluding carboxylic acids is 2. The molecular formula is C21H22N6O4. The molecule has 1 saturated heterocycles. The van der Waals surface area contributed by atoms with Gasteiger partial charge in [0.25, 0.3) is 0 Å². The summed E-state index contributed by atoms with van der Waals surface area (Å²) in [5.41, 5.74) is 0.570. The highest BCUT2D eigenvalue weighted by Gasteiger charge is 2.31. The topological polar surface area (TPSA) is 108 Å². The number of benzene rings is 1. The van der Waals surface area contributed by atoms with Crippen molar-refractivity contribution < 1.29 is 19.1 Å². The van der Waals surface area contributed by atoms with Gasteiger partial charge >= 0.3 is 0 Å². The van der Waals surface area contributed by atoms with E-state index in [1.165, 1.54) is 0 Å². The van der Waals surface area contributed by atoms with Crippen LogP contribution in [0.2, 0.25) is 0 Å². The van der Waals surface area contributed by atoms with Gasteiger partial charge in [0.2, 0.25) is 24.6 Å². The Balaban J connectivity index is 1.24. The number of piperazine rings is 1. The summed E-state index contributed by atoms with van der Waals surface area (Å²) in [6, 6.07) is 10.2. The van der Waals surface area contributed by atoms with Crippen LogP contribution in [0.1, 0.15) is 6.42 Å². The fourth-order valence-electron chi connectivity index (χ4n) is 3.78. The first-order valence-electron chi connectivity index (χ1n) is 10.1. The Morgan fingerprint density at radius 3 is 2.68 bits per heavy atom. The van der Waals surface area contributed by atoms with Gasteiger partial charge in [-0.2, -0.15) is 0 Å². The lowest BCUT2D eigenvalue weighted by molar-refractivity contribution is -0.125. The molecule has 0 saturated carbocycles. The summed E-state index contributed by atoms with van der Waals surface area (Å²) in [5, 5.41) is 5.63. The first-order valence-corrected chi connectivity index (χ1v) is 10.1. The molecule has 1 fully saturated rings. The van der Waals surface area contributed by atoms with Crippen molar-refractivity contribution in [1.82, 2.24) is 15.2 Å². The highest BCUT2D eigenvalue weighted by molar-refractivity contribution is 6.06. The molecule has 2 amide bonds. The van der Waals surface area contributed by atoms with Crippen LogP contribution in [-0.2, 0) is 9.59 Å². The van der Waals surface area contributed by atoms with Crippen LogP contribution in [0, 0.1) is 0 Å². The third-order valence-electron chi connectivity index (χ3n) is 5.40. The third kappa shape index (κ3) is 4.09. The molecule has 1 aromatic heterocycles. The smallest absolute Gasteiger partial charge is 0.249 e. The first-order chi connectivity index (χ1) is 15.2. The summed E-state index contributed by atoms with van der Waals surface area (Å²) in [7, 11) is 0. The molecule has 5 rings (SSSR count). The van der Waals surface area contributed by atoms with Crippen LogP contribution in [0.3, 0.4) is 0 Å².